The molecule has 0 amide bonds. The Morgan fingerprint density at radius 2 is 1.19 bits per heavy atom. The number of hydrogen-bond donors (Lipinski definition) is 0. The molecular weight excluding hydrogens is 336 g/mol. The van der Waals surface area contributed by atoms with Crippen molar-refractivity contribution in [3.05, 3.63) is 24.3 Å². The van der Waals surface area contributed by atoms with Gasteiger partial charge in [-0.3, -0.25) is 0 Å². The van der Waals surface area contributed by atoms with Crippen LogP contribution in [0.4, 0.5) is 0 Å². The fourth-order valence-electron chi connectivity index (χ4n) is 2.92. The van der Waals surface area contributed by atoms with Crippen molar-refractivity contribution in [1.82, 2.24) is 0 Å². The molecule has 0 rings (SSSR count). The molecule has 0 fully saturated rings. The average molecular weight is 381 g/mol. The number of unbranched alkanes of at least 4 members (excludes halogenated alkanes) is 13. The molecular formula is C23H44O2Si. The minimum absolute atomic E-state index is 0.213. The van der Waals surface area contributed by atoms with Crippen LogP contribution in [0.5, 0.6) is 0 Å². The van der Waals surface area contributed by atoms with Crippen LogP contribution in [0, 0.1) is 0 Å². The number of carbonyl (C=O) groups is 1. The summed E-state index contributed by atoms with van der Waals surface area (Å²) < 4.78 is 5.35. The summed E-state index contributed by atoms with van der Waals surface area (Å²) in [6, 6.07) is 0. The molecule has 0 unspecified atom stereocenters. The predicted molar refractivity (Wildman–Crippen MR) is 118 cm³/mol. The molecule has 0 aromatic carbocycles. The van der Waals surface area contributed by atoms with E-state index in [0.717, 1.165) is 6.42 Å². The van der Waals surface area contributed by atoms with Crippen LogP contribution in [0.3, 0.4) is 0 Å². The minimum Gasteiger partial charge on any atom is -0.517 e. The Hall–Kier alpha value is -0.833. The van der Waals surface area contributed by atoms with E-state index in [0.29, 0.717) is 0 Å². The zero-order valence-corrected chi connectivity index (χ0v) is 19.0. The van der Waals surface area contributed by atoms with Crippen molar-refractivity contribution in [3.63, 3.8) is 0 Å². The topological polar surface area (TPSA) is 26.3 Å². The number of hydrogen-bond acceptors (Lipinski definition) is 2. The SMILES string of the molecule is CCCCCCCCCCCCCCCC=CC=CC(=O)O[Si](C)(C)C. The highest BCUT2D eigenvalue weighted by Crippen LogP contribution is 2.13. The van der Waals surface area contributed by atoms with Crippen molar-refractivity contribution in [2.45, 2.75) is 116 Å². The lowest BCUT2D eigenvalue weighted by Crippen LogP contribution is -2.28. The maximum absolute atomic E-state index is 11.5. The summed E-state index contributed by atoms with van der Waals surface area (Å²) in [6.07, 6.45) is 26.6. The lowest BCUT2D eigenvalue weighted by Gasteiger charge is -2.15. The first-order valence-electron chi connectivity index (χ1n) is 11.0. The molecule has 0 aromatic rings. The average Bonchev–Trinajstić information content (AvgIpc) is 2.56. The van der Waals surface area contributed by atoms with Crippen molar-refractivity contribution in [2.75, 3.05) is 0 Å². The summed E-state index contributed by atoms with van der Waals surface area (Å²) in [6.45, 7) is 8.33. The molecule has 0 bridgehead atoms. The van der Waals surface area contributed by atoms with Crippen molar-refractivity contribution in [3.8, 4) is 0 Å². The highest BCUT2D eigenvalue weighted by molar-refractivity contribution is 6.71. The second-order valence-corrected chi connectivity index (χ2v) is 12.8. The first-order valence-corrected chi connectivity index (χ1v) is 14.4. The van der Waals surface area contributed by atoms with Gasteiger partial charge in [-0.15, -0.1) is 0 Å². The number of allylic oxidation sites excluding steroid dienone is 3. The van der Waals surface area contributed by atoms with Crippen molar-refractivity contribution in [1.29, 1.82) is 0 Å². The maximum Gasteiger partial charge on any atom is 0.317 e. The van der Waals surface area contributed by atoms with Crippen molar-refractivity contribution >= 4 is 14.3 Å². The van der Waals surface area contributed by atoms with Crippen LogP contribution in [-0.2, 0) is 9.22 Å². The Balaban J connectivity index is 3.32. The summed E-state index contributed by atoms with van der Waals surface area (Å²) in [4.78, 5) is 11.5. The molecule has 2 nitrogen and oxygen atoms in total. The summed E-state index contributed by atoms with van der Waals surface area (Å²) in [5.41, 5.74) is 0. The number of rotatable bonds is 17. The van der Waals surface area contributed by atoms with Crippen molar-refractivity contribution < 1.29 is 9.22 Å². The van der Waals surface area contributed by atoms with Gasteiger partial charge >= 0.3 is 5.97 Å². The van der Waals surface area contributed by atoms with E-state index < -0.39 is 8.32 Å². The zero-order chi connectivity index (χ0) is 19.5. The molecule has 0 saturated carbocycles. The molecule has 26 heavy (non-hydrogen) atoms. The molecule has 0 atom stereocenters. The molecule has 0 radical (unpaired) electrons. The summed E-state index contributed by atoms with van der Waals surface area (Å²) >= 11 is 0. The minimum atomic E-state index is -1.76. The third kappa shape index (κ3) is 21.2. The molecule has 0 aliphatic carbocycles. The molecule has 0 N–H and O–H groups in total. The van der Waals surface area contributed by atoms with Gasteiger partial charge in [-0.1, -0.05) is 102 Å². The Morgan fingerprint density at radius 3 is 1.65 bits per heavy atom. The van der Waals surface area contributed by atoms with Gasteiger partial charge in [0.15, 0.2) is 0 Å². The zero-order valence-electron chi connectivity index (χ0n) is 18.0. The van der Waals surface area contributed by atoms with Gasteiger partial charge in [0, 0.05) is 6.08 Å². The van der Waals surface area contributed by atoms with E-state index in [1.165, 1.54) is 89.5 Å². The third-order valence-electron chi connectivity index (χ3n) is 4.36. The van der Waals surface area contributed by atoms with Gasteiger partial charge in [-0.2, -0.15) is 0 Å². The van der Waals surface area contributed by atoms with Gasteiger partial charge in [0.25, 0.3) is 0 Å². The highest BCUT2D eigenvalue weighted by Gasteiger charge is 2.17. The van der Waals surface area contributed by atoms with Gasteiger partial charge in [0.05, 0.1) is 0 Å². The summed E-state index contributed by atoms with van der Waals surface area (Å²) in [5.74, 6) is -0.213. The van der Waals surface area contributed by atoms with Gasteiger partial charge < -0.3 is 4.43 Å². The van der Waals surface area contributed by atoms with Gasteiger partial charge in [0.1, 0.15) is 0 Å². The Kier molecular flexibility index (Phi) is 17.0. The molecule has 0 aliphatic rings. The summed E-state index contributed by atoms with van der Waals surface area (Å²) in [5, 5.41) is 0. The molecule has 3 heteroatoms. The van der Waals surface area contributed by atoms with Crippen LogP contribution in [0.25, 0.3) is 0 Å². The van der Waals surface area contributed by atoms with E-state index >= 15 is 0 Å². The van der Waals surface area contributed by atoms with E-state index in [4.69, 9.17) is 4.43 Å². The van der Waals surface area contributed by atoms with Crippen LogP contribution in [0.1, 0.15) is 96.8 Å². The standard InChI is InChI=1S/C23H44O2Si/c1-5-6-7-8-9-10-11-12-13-14-15-16-17-18-19-20-21-22-23(24)25-26(2,3)4/h19-22H,5-18H2,1-4H3. The Morgan fingerprint density at radius 1 is 0.731 bits per heavy atom. The summed E-state index contributed by atoms with van der Waals surface area (Å²) in [7, 11) is -1.76. The van der Waals surface area contributed by atoms with Crippen LogP contribution < -0.4 is 0 Å². The lowest BCUT2D eigenvalue weighted by molar-refractivity contribution is -0.129. The molecule has 0 aliphatic heterocycles. The van der Waals surface area contributed by atoms with Gasteiger partial charge in [0.2, 0.25) is 8.32 Å². The van der Waals surface area contributed by atoms with E-state index in [2.05, 4.69) is 13.0 Å². The van der Waals surface area contributed by atoms with Crippen LogP contribution in [0.2, 0.25) is 19.6 Å². The second-order valence-electron chi connectivity index (χ2n) is 8.35. The molecule has 0 heterocycles. The monoisotopic (exact) mass is 380 g/mol. The van der Waals surface area contributed by atoms with Crippen LogP contribution >= 0.6 is 0 Å². The third-order valence-corrected chi connectivity index (χ3v) is 5.17. The van der Waals surface area contributed by atoms with Gasteiger partial charge in [-0.05, 0) is 32.5 Å². The lowest BCUT2D eigenvalue weighted by atomic mass is 10.0. The van der Waals surface area contributed by atoms with E-state index in [1.54, 1.807) is 6.08 Å². The second kappa shape index (κ2) is 17.6. The smallest absolute Gasteiger partial charge is 0.317 e. The number of carbonyl (C=O) groups excluding carboxylic acids is 1. The van der Waals surface area contributed by atoms with E-state index in [1.807, 2.05) is 25.7 Å². The first-order chi connectivity index (χ1) is 12.5. The van der Waals surface area contributed by atoms with Gasteiger partial charge in [-0.25, -0.2) is 4.79 Å². The largest absolute Gasteiger partial charge is 0.517 e. The normalized spacial score (nSPS) is 12.3. The molecule has 152 valence electrons. The first kappa shape index (κ1) is 25.2. The highest BCUT2D eigenvalue weighted by atomic mass is 28.4. The van der Waals surface area contributed by atoms with E-state index in [-0.39, 0.29) is 5.97 Å². The predicted octanol–water partition coefficient (Wildman–Crippen LogP) is 7.96. The fraction of sp³-hybridized carbons (Fsp3) is 0.783. The van der Waals surface area contributed by atoms with E-state index in [9.17, 15) is 4.79 Å². The fourth-order valence-corrected chi connectivity index (χ4v) is 3.60. The Labute approximate surface area is 164 Å². The van der Waals surface area contributed by atoms with Crippen LogP contribution in [0.15, 0.2) is 24.3 Å². The molecule has 0 spiro atoms. The quantitative estimate of drug-likeness (QED) is 0.111. The maximum atomic E-state index is 11.5. The van der Waals surface area contributed by atoms with Crippen molar-refractivity contribution in [2.24, 2.45) is 0 Å². The molecule has 0 saturated heterocycles. The van der Waals surface area contributed by atoms with Crippen LogP contribution in [-0.4, -0.2) is 14.3 Å². The Bertz CT molecular complexity index is 380. The molecule has 0 aromatic heterocycles.